The van der Waals surface area contributed by atoms with Gasteiger partial charge in [0.05, 0.1) is 31.6 Å². The van der Waals surface area contributed by atoms with Crippen LogP contribution < -0.4 is 10.2 Å². The van der Waals surface area contributed by atoms with E-state index in [4.69, 9.17) is 4.74 Å². The maximum absolute atomic E-state index is 15.4. The summed E-state index contributed by atoms with van der Waals surface area (Å²) in [6, 6.07) is 5.03. The van der Waals surface area contributed by atoms with E-state index in [2.05, 4.69) is 25.6 Å². The van der Waals surface area contributed by atoms with Crippen LogP contribution in [0.4, 0.5) is 10.3 Å². The van der Waals surface area contributed by atoms with Crippen molar-refractivity contribution in [2.24, 2.45) is 7.05 Å². The fraction of sp³-hybridized carbons (Fsp3) is 0.429. The molecule has 9 nitrogen and oxygen atoms in total. The molecule has 3 aromatic rings. The minimum absolute atomic E-state index is 0.0498. The summed E-state index contributed by atoms with van der Waals surface area (Å²) >= 11 is 0. The largest absolute Gasteiger partial charge is 0.507 e. The Labute approximate surface area is 178 Å². The number of hydrogen-bond acceptors (Lipinski definition) is 8. The number of hydrogen-bond donors (Lipinski definition) is 2. The maximum atomic E-state index is 15.4. The summed E-state index contributed by atoms with van der Waals surface area (Å²) in [4.78, 5) is 6.14. The van der Waals surface area contributed by atoms with Crippen LogP contribution >= 0.6 is 0 Å². The average Bonchev–Trinajstić information content (AvgIpc) is 3.03. The molecule has 3 fully saturated rings. The molecule has 0 radical (unpaired) electrons. The maximum Gasteiger partial charge on any atom is 0.245 e. The van der Waals surface area contributed by atoms with Crippen LogP contribution in [0, 0.1) is 0 Å². The van der Waals surface area contributed by atoms with E-state index in [9.17, 15) is 5.11 Å². The van der Waals surface area contributed by atoms with Crippen molar-refractivity contribution in [3.05, 3.63) is 36.8 Å². The highest BCUT2D eigenvalue weighted by atomic mass is 19.1. The van der Waals surface area contributed by atoms with Crippen LogP contribution in [-0.2, 0) is 11.8 Å². The average molecular weight is 425 g/mol. The lowest BCUT2D eigenvalue weighted by atomic mass is 9.87. The molecule has 2 bridgehead atoms. The van der Waals surface area contributed by atoms with Gasteiger partial charge in [0.1, 0.15) is 11.4 Å². The summed E-state index contributed by atoms with van der Waals surface area (Å²) in [6.45, 7) is 0.798. The Morgan fingerprint density at radius 3 is 2.87 bits per heavy atom. The molecule has 0 spiro atoms. The van der Waals surface area contributed by atoms with Crippen LogP contribution in [0.3, 0.4) is 0 Å². The molecule has 6 rings (SSSR count). The van der Waals surface area contributed by atoms with Gasteiger partial charge >= 0.3 is 0 Å². The fourth-order valence-corrected chi connectivity index (χ4v) is 4.34. The highest BCUT2D eigenvalue weighted by Crippen LogP contribution is 2.34. The first-order chi connectivity index (χ1) is 14.9. The van der Waals surface area contributed by atoms with Crippen molar-refractivity contribution in [1.82, 2.24) is 30.3 Å². The molecule has 0 saturated carbocycles. The van der Waals surface area contributed by atoms with Crippen LogP contribution in [0.2, 0.25) is 0 Å². The molecule has 10 heteroatoms. The SMILES string of the molecule is CN(c1ncc(-c2ccc(-c3cnn(C)c3)cc2O)nn1)[C@H]1C[C@@H]2COCC1(F)CN2. The predicted octanol–water partition coefficient (Wildman–Crippen LogP) is 1.55. The Morgan fingerprint density at radius 2 is 2.16 bits per heavy atom. The Morgan fingerprint density at radius 1 is 1.29 bits per heavy atom. The smallest absolute Gasteiger partial charge is 0.245 e. The van der Waals surface area contributed by atoms with Gasteiger partial charge in [-0.3, -0.25) is 4.68 Å². The number of aromatic hydroxyl groups is 1. The van der Waals surface area contributed by atoms with Crippen molar-refractivity contribution in [3.8, 4) is 28.1 Å². The van der Waals surface area contributed by atoms with Gasteiger partial charge in [0.2, 0.25) is 5.95 Å². The number of phenols is 1. The van der Waals surface area contributed by atoms with Crippen LogP contribution in [-0.4, -0.2) is 74.6 Å². The van der Waals surface area contributed by atoms with E-state index in [1.54, 1.807) is 41.2 Å². The van der Waals surface area contributed by atoms with Crippen molar-refractivity contribution in [2.45, 2.75) is 24.2 Å². The molecule has 2 aromatic heterocycles. The van der Waals surface area contributed by atoms with E-state index < -0.39 is 11.7 Å². The standard InChI is InChI=1S/C21H24FN7O2/c1-28-9-14(7-25-28)13-3-4-16(18(30)5-13)17-8-23-20(27-26-17)29(2)19-6-15-10-31-12-21(19,22)11-24-15/h3-5,7-9,15,19,24,30H,6,10-12H2,1-2H3/t15-,19+,21?/m1/s1. The second-order valence-electron chi connectivity index (χ2n) is 8.27. The number of ether oxygens (including phenoxy) is 1. The molecular formula is C21H24FN7O2. The molecular weight excluding hydrogens is 401 g/mol. The fourth-order valence-electron chi connectivity index (χ4n) is 4.34. The lowest BCUT2D eigenvalue weighted by Gasteiger charge is -2.42. The third kappa shape index (κ3) is 3.61. The first-order valence-corrected chi connectivity index (χ1v) is 10.2. The third-order valence-corrected chi connectivity index (χ3v) is 6.09. The van der Waals surface area contributed by atoms with E-state index in [-0.39, 0.29) is 24.9 Å². The molecule has 3 saturated heterocycles. The summed E-state index contributed by atoms with van der Waals surface area (Å²) in [7, 11) is 3.62. The quantitative estimate of drug-likeness (QED) is 0.649. The van der Waals surface area contributed by atoms with Crippen molar-refractivity contribution < 1.29 is 14.2 Å². The number of fused-ring (bicyclic) bond motifs is 4. The molecule has 5 heterocycles. The number of piperidine rings is 1. The monoisotopic (exact) mass is 425 g/mol. The number of nitrogens with one attached hydrogen (secondary N) is 1. The summed E-state index contributed by atoms with van der Waals surface area (Å²) in [5.41, 5.74) is 1.20. The molecule has 2 N–H and O–H groups in total. The van der Waals surface area contributed by atoms with Crippen LogP contribution in [0.5, 0.6) is 5.75 Å². The summed E-state index contributed by atoms with van der Waals surface area (Å²) in [6.07, 6.45) is 5.76. The second-order valence-corrected chi connectivity index (χ2v) is 8.27. The first-order valence-electron chi connectivity index (χ1n) is 10.2. The molecule has 1 unspecified atom stereocenters. The molecule has 31 heavy (non-hydrogen) atoms. The number of aryl methyl sites for hydroxylation is 1. The van der Waals surface area contributed by atoms with Gasteiger partial charge in [0.25, 0.3) is 0 Å². The number of rotatable bonds is 4. The summed E-state index contributed by atoms with van der Waals surface area (Å²) in [5.74, 6) is 0.412. The van der Waals surface area contributed by atoms with Crippen molar-refractivity contribution in [1.29, 1.82) is 0 Å². The number of nitrogens with zero attached hydrogens (tertiary/aromatic N) is 6. The van der Waals surface area contributed by atoms with Gasteiger partial charge in [-0.05, 0) is 24.1 Å². The molecule has 3 aliphatic rings. The molecule has 3 atom stereocenters. The number of halogens is 1. The number of benzene rings is 1. The number of aromatic nitrogens is 5. The highest BCUT2D eigenvalue weighted by molar-refractivity contribution is 5.73. The van der Waals surface area contributed by atoms with Crippen LogP contribution in [0.15, 0.2) is 36.8 Å². The van der Waals surface area contributed by atoms with E-state index in [1.165, 1.54) is 0 Å². The Balaban J connectivity index is 1.37. The number of phenolic OH excluding ortho intramolecular Hbond substituents is 1. The van der Waals surface area contributed by atoms with E-state index in [0.717, 1.165) is 11.1 Å². The van der Waals surface area contributed by atoms with Crippen LogP contribution in [0.1, 0.15) is 6.42 Å². The Bertz CT molecular complexity index is 1090. The molecule has 3 aliphatic heterocycles. The zero-order valence-electron chi connectivity index (χ0n) is 17.4. The van der Waals surface area contributed by atoms with E-state index >= 15 is 4.39 Å². The van der Waals surface area contributed by atoms with Gasteiger partial charge in [-0.2, -0.15) is 5.10 Å². The van der Waals surface area contributed by atoms with Gasteiger partial charge in [-0.1, -0.05) is 6.07 Å². The van der Waals surface area contributed by atoms with Crippen molar-refractivity contribution in [2.75, 3.05) is 31.7 Å². The van der Waals surface area contributed by atoms with Gasteiger partial charge in [-0.15, -0.1) is 10.2 Å². The van der Waals surface area contributed by atoms with E-state index in [0.29, 0.717) is 30.2 Å². The van der Waals surface area contributed by atoms with Crippen LogP contribution in [0.25, 0.3) is 22.4 Å². The molecule has 0 aliphatic carbocycles. The summed E-state index contributed by atoms with van der Waals surface area (Å²) < 4.78 is 22.6. The Kier molecular flexibility index (Phi) is 4.82. The predicted molar refractivity (Wildman–Crippen MR) is 112 cm³/mol. The Hall–Kier alpha value is -3.11. The third-order valence-electron chi connectivity index (χ3n) is 6.09. The first kappa shape index (κ1) is 19.8. The second kappa shape index (κ2) is 7.54. The topological polar surface area (TPSA) is 101 Å². The normalized spacial score (nSPS) is 25.4. The lowest BCUT2D eigenvalue weighted by molar-refractivity contribution is 0.0297. The minimum Gasteiger partial charge on any atom is -0.507 e. The highest BCUT2D eigenvalue weighted by Gasteiger charge is 2.49. The van der Waals surface area contributed by atoms with Gasteiger partial charge in [0, 0.05) is 44.0 Å². The molecule has 1 aromatic carbocycles. The number of alkyl halides is 1. The molecule has 0 amide bonds. The zero-order chi connectivity index (χ0) is 21.6. The minimum atomic E-state index is -1.51. The van der Waals surface area contributed by atoms with Gasteiger partial charge in [-0.25, -0.2) is 9.37 Å². The molecule has 162 valence electrons. The lowest BCUT2D eigenvalue weighted by Crippen LogP contribution is -2.62. The summed E-state index contributed by atoms with van der Waals surface area (Å²) in [5, 5.41) is 26.3. The van der Waals surface area contributed by atoms with E-state index in [1.807, 2.05) is 19.3 Å². The van der Waals surface area contributed by atoms with Gasteiger partial charge < -0.3 is 20.1 Å². The van der Waals surface area contributed by atoms with Gasteiger partial charge in [0.15, 0.2) is 5.67 Å². The van der Waals surface area contributed by atoms with Crippen molar-refractivity contribution >= 4 is 5.95 Å². The number of anilines is 1. The van der Waals surface area contributed by atoms with Crippen molar-refractivity contribution in [3.63, 3.8) is 0 Å². The zero-order valence-corrected chi connectivity index (χ0v) is 17.4.